The molecule has 7 heteroatoms. The number of ether oxygens (including phenoxy) is 1. The molecule has 3 aromatic rings. The number of carbonyl (C=O) groups is 1. The van der Waals surface area contributed by atoms with Crippen molar-refractivity contribution in [1.82, 2.24) is 4.98 Å². The zero-order valence-corrected chi connectivity index (χ0v) is 17.2. The third kappa shape index (κ3) is 4.77. The first-order chi connectivity index (χ1) is 13.0. The van der Waals surface area contributed by atoms with Crippen LogP contribution in [-0.4, -0.2) is 44.7 Å². The molecule has 1 N–H and O–H groups in total. The number of anilines is 1. The second kappa shape index (κ2) is 8.69. The maximum absolute atomic E-state index is 13.2. The van der Waals surface area contributed by atoms with Crippen molar-refractivity contribution in [3.8, 4) is 5.75 Å². The molecule has 142 valence electrons. The highest BCUT2D eigenvalue weighted by Gasteiger charge is 2.22. The van der Waals surface area contributed by atoms with Gasteiger partial charge in [0.15, 0.2) is 5.13 Å². The standard InChI is InChI=1S/C20H22ClN3O2S/c1-4-26-16-8-9-17-18(13-16)27-20(22-17)24(11-10-23(2)3)19(25)14-6-5-7-15(21)12-14/h5-9,12-13H,4,10-11H2,1-3H3/p+1. The van der Waals surface area contributed by atoms with Crippen LogP contribution in [0.3, 0.4) is 0 Å². The molecule has 0 fully saturated rings. The highest BCUT2D eigenvalue weighted by Crippen LogP contribution is 2.32. The predicted octanol–water partition coefficient (Wildman–Crippen LogP) is 3.14. The second-order valence-electron chi connectivity index (χ2n) is 6.48. The van der Waals surface area contributed by atoms with Gasteiger partial charge in [-0.3, -0.25) is 9.69 Å². The average Bonchev–Trinajstić information content (AvgIpc) is 3.04. The molecule has 0 bridgehead atoms. The SMILES string of the molecule is CCOc1ccc2nc(N(CC[NH+](C)C)C(=O)c3cccc(Cl)c3)sc2c1. The molecular weight excluding hydrogens is 382 g/mol. The van der Waals surface area contributed by atoms with E-state index in [-0.39, 0.29) is 5.91 Å². The number of thiazole rings is 1. The minimum atomic E-state index is -0.0946. The van der Waals surface area contributed by atoms with Gasteiger partial charge in [0.2, 0.25) is 0 Å². The van der Waals surface area contributed by atoms with Crippen molar-refractivity contribution in [1.29, 1.82) is 0 Å². The van der Waals surface area contributed by atoms with Crippen LogP contribution in [-0.2, 0) is 0 Å². The summed E-state index contributed by atoms with van der Waals surface area (Å²) in [6.45, 7) is 3.96. The van der Waals surface area contributed by atoms with E-state index in [1.54, 1.807) is 29.2 Å². The minimum absolute atomic E-state index is 0.0946. The lowest BCUT2D eigenvalue weighted by atomic mass is 10.2. The van der Waals surface area contributed by atoms with Crippen LogP contribution >= 0.6 is 22.9 Å². The summed E-state index contributed by atoms with van der Waals surface area (Å²) in [4.78, 5) is 20.8. The Morgan fingerprint density at radius 3 is 2.78 bits per heavy atom. The molecule has 0 saturated carbocycles. The fourth-order valence-electron chi connectivity index (χ4n) is 2.66. The molecule has 0 aliphatic rings. The molecule has 0 radical (unpaired) electrons. The summed E-state index contributed by atoms with van der Waals surface area (Å²) in [5.41, 5.74) is 1.42. The van der Waals surface area contributed by atoms with Crippen LogP contribution in [0.15, 0.2) is 42.5 Å². The molecule has 0 atom stereocenters. The number of amides is 1. The number of fused-ring (bicyclic) bond motifs is 1. The van der Waals surface area contributed by atoms with E-state index in [0.717, 1.165) is 22.5 Å². The van der Waals surface area contributed by atoms with Crippen LogP contribution in [0.2, 0.25) is 5.02 Å². The zero-order valence-electron chi connectivity index (χ0n) is 15.7. The topological polar surface area (TPSA) is 46.9 Å². The first-order valence-electron chi connectivity index (χ1n) is 8.87. The Morgan fingerprint density at radius 2 is 2.07 bits per heavy atom. The smallest absolute Gasteiger partial charge is 0.260 e. The Balaban J connectivity index is 1.96. The summed E-state index contributed by atoms with van der Waals surface area (Å²) in [7, 11) is 4.13. The zero-order chi connectivity index (χ0) is 19.4. The molecule has 0 aliphatic heterocycles. The fourth-order valence-corrected chi connectivity index (χ4v) is 3.87. The maximum atomic E-state index is 13.2. The molecule has 0 spiro atoms. The summed E-state index contributed by atoms with van der Waals surface area (Å²) in [5.74, 6) is 0.716. The van der Waals surface area contributed by atoms with Gasteiger partial charge in [-0.15, -0.1) is 0 Å². The Hall–Kier alpha value is -2.15. The highest BCUT2D eigenvalue weighted by atomic mass is 35.5. The van der Waals surface area contributed by atoms with Crippen molar-refractivity contribution in [2.24, 2.45) is 0 Å². The molecule has 0 saturated heterocycles. The number of likely N-dealkylation sites (N-methyl/N-ethyl adjacent to an activating group) is 1. The second-order valence-corrected chi connectivity index (χ2v) is 7.93. The number of nitrogens with zero attached hydrogens (tertiary/aromatic N) is 2. The van der Waals surface area contributed by atoms with Gasteiger partial charge in [-0.25, -0.2) is 4.98 Å². The lowest BCUT2D eigenvalue weighted by Crippen LogP contribution is -3.06. The van der Waals surface area contributed by atoms with Gasteiger partial charge in [0.05, 0.1) is 44.0 Å². The van der Waals surface area contributed by atoms with Crippen LogP contribution < -0.4 is 14.5 Å². The number of carbonyl (C=O) groups excluding carboxylic acids is 1. The van der Waals surface area contributed by atoms with Gasteiger partial charge >= 0.3 is 0 Å². The summed E-state index contributed by atoms with van der Waals surface area (Å²) in [6.07, 6.45) is 0. The van der Waals surface area contributed by atoms with Crippen molar-refractivity contribution in [2.75, 3.05) is 38.7 Å². The van der Waals surface area contributed by atoms with Crippen LogP contribution in [0, 0.1) is 0 Å². The lowest BCUT2D eigenvalue weighted by Gasteiger charge is -2.20. The van der Waals surface area contributed by atoms with E-state index in [1.165, 1.54) is 16.2 Å². The van der Waals surface area contributed by atoms with Gasteiger partial charge in [-0.05, 0) is 43.3 Å². The average molecular weight is 405 g/mol. The van der Waals surface area contributed by atoms with E-state index in [9.17, 15) is 4.79 Å². The van der Waals surface area contributed by atoms with E-state index in [4.69, 9.17) is 16.3 Å². The quantitative estimate of drug-likeness (QED) is 0.658. The maximum Gasteiger partial charge on any atom is 0.260 e. The number of halogens is 1. The highest BCUT2D eigenvalue weighted by molar-refractivity contribution is 7.22. The van der Waals surface area contributed by atoms with Crippen molar-refractivity contribution in [3.63, 3.8) is 0 Å². The van der Waals surface area contributed by atoms with Crippen LogP contribution in [0.4, 0.5) is 5.13 Å². The molecule has 1 heterocycles. The number of hydrogen-bond donors (Lipinski definition) is 1. The van der Waals surface area contributed by atoms with E-state index in [0.29, 0.717) is 28.9 Å². The molecule has 5 nitrogen and oxygen atoms in total. The Labute approximate surface area is 168 Å². The van der Waals surface area contributed by atoms with Crippen LogP contribution in [0.5, 0.6) is 5.75 Å². The van der Waals surface area contributed by atoms with E-state index in [1.807, 2.05) is 25.1 Å². The van der Waals surface area contributed by atoms with Crippen LogP contribution in [0.1, 0.15) is 17.3 Å². The molecule has 1 amide bonds. The number of nitrogens with one attached hydrogen (secondary N) is 1. The number of benzene rings is 2. The predicted molar refractivity (Wildman–Crippen MR) is 112 cm³/mol. The lowest BCUT2D eigenvalue weighted by molar-refractivity contribution is -0.856. The number of rotatable bonds is 7. The molecule has 27 heavy (non-hydrogen) atoms. The Kier molecular flexibility index (Phi) is 6.31. The number of hydrogen-bond acceptors (Lipinski definition) is 4. The van der Waals surface area contributed by atoms with Gasteiger partial charge in [0.25, 0.3) is 5.91 Å². The Bertz CT molecular complexity index is 942. The third-order valence-electron chi connectivity index (χ3n) is 4.04. The first-order valence-corrected chi connectivity index (χ1v) is 10.1. The largest absolute Gasteiger partial charge is 0.494 e. The molecule has 2 aromatic carbocycles. The van der Waals surface area contributed by atoms with Crippen molar-refractivity contribution in [2.45, 2.75) is 6.92 Å². The molecule has 3 rings (SSSR count). The summed E-state index contributed by atoms with van der Waals surface area (Å²) in [5, 5.41) is 1.23. The van der Waals surface area contributed by atoms with E-state index in [2.05, 4.69) is 19.1 Å². The molecule has 1 aromatic heterocycles. The fraction of sp³-hybridized carbons (Fsp3) is 0.300. The minimum Gasteiger partial charge on any atom is -0.494 e. The monoisotopic (exact) mass is 404 g/mol. The number of aromatic nitrogens is 1. The Morgan fingerprint density at radius 1 is 1.26 bits per heavy atom. The van der Waals surface area contributed by atoms with Crippen molar-refractivity contribution >= 4 is 44.2 Å². The van der Waals surface area contributed by atoms with E-state index >= 15 is 0 Å². The molecule has 0 unspecified atom stereocenters. The van der Waals surface area contributed by atoms with Gasteiger partial charge < -0.3 is 9.64 Å². The van der Waals surface area contributed by atoms with E-state index < -0.39 is 0 Å². The van der Waals surface area contributed by atoms with Crippen molar-refractivity contribution < 1.29 is 14.4 Å². The van der Waals surface area contributed by atoms with Gasteiger partial charge in [0.1, 0.15) is 5.75 Å². The van der Waals surface area contributed by atoms with Gasteiger partial charge in [0, 0.05) is 10.6 Å². The van der Waals surface area contributed by atoms with Gasteiger partial charge in [-0.1, -0.05) is 29.0 Å². The third-order valence-corrected chi connectivity index (χ3v) is 5.32. The molecular formula is C20H23ClN3O2S+. The van der Waals surface area contributed by atoms with Crippen molar-refractivity contribution in [3.05, 3.63) is 53.1 Å². The summed E-state index contributed by atoms with van der Waals surface area (Å²) in [6, 6.07) is 12.8. The molecule has 0 aliphatic carbocycles. The van der Waals surface area contributed by atoms with Crippen LogP contribution in [0.25, 0.3) is 10.2 Å². The summed E-state index contributed by atoms with van der Waals surface area (Å²) >= 11 is 7.57. The van der Waals surface area contributed by atoms with Gasteiger partial charge in [-0.2, -0.15) is 0 Å². The number of quaternary nitrogens is 1. The normalized spacial score (nSPS) is 11.1. The summed E-state index contributed by atoms with van der Waals surface area (Å²) < 4.78 is 6.57. The first kappa shape index (κ1) is 19.6.